The van der Waals surface area contributed by atoms with E-state index >= 15 is 0 Å². The molecule has 0 saturated carbocycles. The Bertz CT molecular complexity index is 2760. The van der Waals surface area contributed by atoms with E-state index in [1.165, 1.54) is 88.1 Å². The Morgan fingerprint density at radius 1 is 0.346 bits per heavy atom. The number of rotatable bonds is 5. The Morgan fingerprint density at radius 3 is 1.17 bits per heavy atom. The van der Waals surface area contributed by atoms with E-state index in [0.29, 0.717) is 0 Å². The van der Waals surface area contributed by atoms with Crippen LogP contribution in [0.1, 0.15) is 11.1 Å². The first kappa shape index (κ1) is 30.1. The molecular weight excluding hydrogens is 633 g/mol. The summed E-state index contributed by atoms with van der Waals surface area (Å²) in [4.78, 5) is 8.42. The van der Waals surface area contributed by atoms with Gasteiger partial charge in [-0.2, -0.15) is 0 Å². The van der Waals surface area contributed by atoms with Crippen LogP contribution in [0, 0.1) is 13.8 Å². The lowest BCUT2D eigenvalue weighted by Gasteiger charge is -2.16. The van der Waals surface area contributed by atoms with E-state index in [4.69, 9.17) is 0 Å². The van der Waals surface area contributed by atoms with E-state index in [2.05, 4.69) is 179 Å². The summed E-state index contributed by atoms with van der Waals surface area (Å²) < 4.78 is 4.80. The number of aromatic nitrogens is 4. The van der Waals surface area contributed by atoms with Crippen molar-refractivity contribution < 1.29 is 0 Å². The summed E-state index contributed by atoms with van der Waals surface area (Å²) in [7, 11) is 0. The molecule has 4 heterocycles. The van der Waals surface area contributed by atoms with Gasteiger partial charge in [0.15, 0.2) is 0 Å². The molecule has 0 atom stereocenters. The van der Waals surface area contributed by atoms with Crippen LogP contribution in [0.5, 0.6) is 0 Å². The topological polar surface area (TPSA) is 35.6 Å². The maximum absolute atomic E-state index is 4.21. The zero-order chi connectivity index (χ0) is 34.8. The van der Waals surface area contributed by atoms with Crippen LogP contribution in [0.3, 0.4) is 0 Å². The van der Waals surface area contributed by atoms with E-state index in [0.717, 1.165) is 11.4 Å². The highest BCUT2D eigenvalue weighted by Crippen LogP contribution is 2.39. The molecule has 4 heteroatoms. The first-order valence-corrected chi connectivity index (χ1v) is 17.7. The van der Waals surface area contributed by atoms with Crippen LogP contribution in [0.25, 0.3) is 88.4 Å². The smallest absolute Gasteiger partial charge is 0.0541 e. The maximum atomic E-state index is 4.21. The summed E-state index contributed by atoms with van der Waals surface area (Å²) in [6, 6.07) is 53.1. The summed E-state index contributed by atoms with van der Waals surface area (Å²) in [5.74, 6) is 0. The van der Waals surface area contributed by atoms with E-state index in [-0.39, 0.29) is 0 Å². The predicted octanol–water partition coefficient (Wildman–Crippen LogP) is 12.3. The number of aryl methyl sites for hydroxylation is 2. The summed E-state index contributed by atoms with van der Waals surface area (Å²) in [6.45, 7) is 4.46. The third kappa shape index (κ3) is 4.76. The molecular formula is C48H34N4. The molecule has 246 valence electrons. The number of hydrogen-bond donors (Lipinski definition) is 0. The highest BCUT2D eigenvalue weighted by atomic mass is 15.0. The van der Waals surface area contributed by atoms with Gasteiger partial charge in [0.2, 0.25) is 0 Å². The Balaban J connectivity index is 1.05. The van der Waals surface area contributed by atoms with E-state index in [1.807, 2.05) is 24.8 Å². The molecule has 0 unspecified atom stereocenters. The molecule has 0 amide bonds. The standard InChI is InChI=1S/C48H34N4/c1-31-27-37(51-45-9-5-3-7-41(45)43-29-35(11-17-47(43)51)33-19-23-49-24-20-33)13-15-39(31)40-16-14-38(28-32(40)2)52-46-10-6-4-8-42(46)44-30-36(12-18-48(44)52)34-21-25-50-26-22-34/h3-30H,1-2H3. The molecule has 4 nitrogen and oxygen atoms in total. The van der Waals surface area contributed by atoms with Crippen molar-refractivity contribution in [3.05, 3.63) is 182 Å². The molecule has 6 aromatic carbocycles. The minimum atomic E-state index is 1.16. The SMILES string of the molecule is Cc1cc(-n2c3ccccc3c3cc(-c4ccncc4)ccc32)ccc1-c1ccc(-n2c3ccccc3c3cc(-c4ccncc4)ccc32)cc1C. The van der Waals surface area contributed by atoms with Crippen LogP contribution in [-0.2, 0) is 0 Å². The van der Waals surface area contributed by atoms with Gasteiger partial charge in [0.25, 0.3) is 0 Å². The second-order valence-corrected chi connectivity index (χ2v) is 13.6. The molecule has 10 rings (SSSR count). The Labute approximate surface area is 301 Å². The Morgan fingerprint density at radius 2 is 0.750 bits per heavy atom. The monoisotopic (exact) mass is 666 g/mol. The summed E-state index contributed by atoms with van der Waals surface area (Å²) in [5.41, 5.74) is 16.8. The lowest BCUT2D eigenvalue weighted by molar-refractivity contribution is 1.16. The van der Waals surface area contributed by atoms with E-state index in [9.17, 15) is 0 Å². The van der Waals surface area contributed by atoms with Crippen molar-refractivity contribution in [2.24, 2.45) is 0 Å². The molecule has 0 aliphatic rings. The zero-order valence-electron chi connectivity index (χ0n) is 29.0. The molecule has 10 aromatic rings. The summed E-state index contributed by atoms with van der Waals surface area (Å²) in [6.07, 6.45) is 7.42. The van der Waals surface area contributed by atoms with Crippen LogP contribution in [0.4, 0.5) is 0 Å². The van der Waals surface area contributed by atoms with Crippen LogP contribution in [-0.4, -0.2) is 19.1 Å². The first-order valence-electron chi connectivity index (χ1n) is 17.7. The Hall–Kier alpha value is -6.78. The largest absolute Gasteiger partial charge is 0.309 e. The zero-order valence-corrected chi connectivity index (χ0v) is 29.0. The van der Waals surface area contributed by atoms with Gasteiger partial charge in [0.1, 0.15) is 0 Å². The lowest BCUT2D eigenvalue weighted by Crippen LogP contribution is -1.98. The van der Waals surface area contributed by atoms with Crippen LogP contribution >= 0.6 is 0 Å². The second kappa shape index (κ2) is 11.9. The van der Waals surface area contributed by atoms with Crippen molar-refractivity contribution in [2.45, 2.75) is 13.8 Å². The van der Waals surface area contributed by atoms with Crippen LogP contribution < -0.4 is 0 Å². The molecule has 0 spiro atoms. The number of nitrogens with zero attached hydrogens (tertiary/aromatic N) is 4. The van der Waals surface area contributed by atoms with Crippen LogP contribution in [0.2, 0.25) is 0 Å². The van der Waals surface area contributed by atoms with E-state index in [1.54, 1.807) is 0 Å². The summed E-state index contributed by atoms with van der Waals surface area (Å²) in [5, 5.41) is 4.99. The lowest BCUT2D eigenvalue weighted by atomic mass is 9.95. The Kier molecular flexibility index (Phi) is 6.90. The van der Waals surface area contributed by atoms with Gasteiger partial charge >= 0.3 is 0 Å². The fourth-order valence-electron chi connectivity index (χ4n) is 8.13. The van der Waals surface area contributed by atoms with Gasteiger partial charge in [-0.25, -0.2) is 0 Å². The number of fused-ring (bicyclic) bond motifs is 6. The predicted molar refractivity (Wildman–Crippen MR) is 216 cm³/mol. The number of hydrogen-bond acceptors (Lipinski definition) is 2. The minimum Gasteiger partial charge on any atom is -0.309 e. The molecule has 4 aromatic heterocycles. The average molecular weight is 667 g/mol. The van der Waals surface area contributed by atoms with Gasteiger partial charge in [-0.15, -0.1) is 0 Å². The highest BCUT2D eigenvalue weighted by Gasteiger charge is 2.17. The number of pyridine rings is 2. The molecule has 0 saturated heterocycles. The van der Waals surface area contributed by atoms with Crippen molar-refractivity contribution in [3.63, 3.8) is 0 Å². The second-order valence-electron chi connectivity index (χ2n) is 13.6. The highest BCUT2D eigenvalue weighted by molar-refractivity contribution is 6.11. The van der Waals surface area contributed by atoms with Crippen molar-refractivity contribution in [3.8, 4) is 44.8 Å². The van der Waals surface area contributed by atoms with Gasteiger partial charge in [-0.3, -0.25) is 9.97 Å². The molecule has 0 aliphatic heterocycles. The fraction of sp³-hybridized carbons (Fsp3) is 0.0417. The molecule has 0 radical (unpaired) electrons. The van der Waals surface area contributed by atoms with Gasteiger partial charge < -0.3 is 9.13 Å². The van der Waals surface area contributed by atoms with Crippen molar-refractivity contribution in [1.29, 1.82) is 0 Å². The van der Waals surface area contributed by atoms with Crippen molar-refractivity contribution in [1.82, 2.24) is 19.1 Å². The fourth-order valence-corrected chi connectivity index (χ4v) is 8.13. The van der Waals surface area contributed by atoms with Crippen LogP contribution in [0.15, 0.2) is 170 Å². The van der Waals surface area contributed by atoms with Crippen molar-refractivity contribution >= 4 is 43.6 Å². The van der Waals surface area contributed by atoms with Gasteiger partial charge in [0.05, 0.1) is 22.1 Å². The molecule has 0 bridgehead atoms. The average Bonchev–Trinajstić information content (AvgIpc) is 3.71. The number of para-hydroxylation sites is 2. The third-order valence-electron chi connectivity index (χ3n) is 10.6. The summed E-state index contributed by atoms with van der Waals surface area (Å²) >= 11 is 0. The molecule has 0 N–H and O–H groups in total. The third-order valence-corrected chi connectivity index (χ3v) is 10.6. The molecule has 52 heavy (non-hydrogen) atoms. The van der Waals surface area contributed by atoms with Gasteiger partial charge in [-0.05, 0) is 143 Å². The quantitative estimate of drug-likeness (QED) is 0.183. The first-order chi connectivity index (χ1) is 25.6. The number of benzene rings is 6. The molecule has 0 fully saturated rings. The van der Waals surface area contributed by atoms with E-state index < -0.39 is 0 Å². The maximum Gasteiger partial charge on any atom is 0.0541 e. The van der Waals surface area contributed by atoms with Crippen molar-refractivity contribution in [2.75, 3.05) is 0 Å². The normalized spacial score (nSPS) is 11.7. The molecule has 0 aliphatic carbocycles. The minimum absolute atomic E-state index is 1.16. The van der Waals surface area contributed by atoms with Gasteiger partial charge in [-0.1, -0.05) is 60.7 Å². The van der Waals surface area contributed by atoms with Gasteiger partial charge in [0, 0.05) is 57.7 Å².